The summed E-state index contributed by atoms with van der Waals surface area (Å²) in [7, 11) is 0. The van der Waals surface area contributed by atoms with Gasteiger partial charge in [0, 0.05) is 19.2 Å². The van der Waals surface area contributed by atoms with Crippen LogP contribution in [0.3, 0.4) is 0 Å². The summed E-state index contributed by atoms with van der Waals surface area (Å²) in [6.07, 6.45) is 1.54. The van der Waals surface area contributed by atoms with Gasteiger partial charge in [-0.15, -0.1) is 0 Å². The molecule has 0 rings (SSSR count). The van der Waals surface area contributed by atoms with Gasteiger partial charge in [0.15, 0.2) is 0 Å². The first kappa shape index (κ1) is 11.2. The summed E-state index contributed by atoms with van der Waals surface area (Å²) in [6.45, 7) is 4.61. The summed E-state index contributed by atoms with van der Waals surface area (Å²) in [6, 6.07) is -0.00774. The van der Waals surface area contributed by atoms with Crippen molar-refractivity contribution >= 4 is 6.03 Å². The fourth-order valence-corrected chi connectivity index (χ4v) is 0.905. The van der Waals surface area contributed by atoms with Crippen molar-refractivity contribution in [2.24, 2.45) is 0 Å². The molecule has 0 aliphatic carbocycles. The number of hydrogen-bond acceptors (Lipinski definition) is 2. The molecular formula is C8H18N2O2. The lowest BCUT2D eigenvalue weighted by Crippen LogP contribution is -2.40. The van der Waals surface area contributed by atoms with Gasteiger partial charge in [-0.05, 0) is 26.7 Å². The van der Waals surface area contributed by atoms with Crippen molar-refractivity contribution in [3.63, 3.8) is 0 Å². The third-order valence-corrected chi connectivity index (χ3v) is 1.51. The normalized spacial score (nSPS) is 12.2. The molecule has 0 fully saturated rings. The number of nitrogens with one attached hydrogen (secondary N) is 2. The van der Waals surface area contributed by atoms with Crippen molar-refractivity contribution in [3.8, 4) is 0 Å². The van der Waals surface area contributed by atoms with E-state index in [0.717, 1.165) is 12.8 Å². The second kappa shape index (κ2) is 6.91. The molecule has 0 aromatic heterocycles. The zero-order valence-corrected chi connectivity index (χ0v) is 7.76. The molecule has 0 aromatic rings. The Morgan fingerprint density at radius 1 is 1.58 bits per heavy atom. The lowest BCUT2D eigenvalue weighted by molar-refractivity contribution is 0.235. The largest absolute Gasteiger partial charge is 0.396 e. The molecule has 72 valence electrons. The van der Waals surface area contributed by atoms with Crippen LogP contribution in [-0.4, -0.2) is 30.3 Å². The number of carbonyl (C=O) groups excluding carboxylic acids is 1. The van der Waals surface area contributed by atoms with Crippen LogP contribution >= 0.6 is 0 Å². The fourth-order valence-electron chi connectivity index (χ4n) is 0.905. The van der Waals surface area contributed by atoms with Gasteiger partial charge < -0.3 is 15.7 Å². The van der Waals surface area contributed by atoms with Crippen molar-refractivity contribution in [3.05, 3.63) is 0 Å². The maximum Gasteiger partial charge on any atom is 0.314 e. The van der Waals surface area contributed by atoms with Crippen LogP contribution < -0.4 is 10.6 Å². The van der Waals surface area contributed by atoms with Gasteiger partial charge in [-0.1, -0.05) is 0 Å². The average Bonchev–Trinajstić information content (AvgIpc) is 2.01. The van der Waals surface area contributed by atoms with Gasteiger partial charge in [0.25, 0.3) is 0 Å². The Kier molecular flexibility index (Phi) is 6.47. The first-order chi connectivity index (χ1) is 5.70. The summed E-state index contributed by atoms with van der Waals surface area (Å²) in [4.78, 5) is 10.9. The molecule has 0 spiro atoms. The molecule has 3 N–H and O–H groups in total. The molecule has 2 amide bonds. The highest BCUT2D eigenvalue weighted by Gasteiger charge is 2.04. The number of rotatable bonds is 5. The second-order valence-electron chi connectivity index (χ2n) is 2.77. The number of hydrogen-bond donors (Lipinski definition) is 3. The molecule has 1 atom stereocenters. The van der Waals surface area contributed by atoms with Gasteiger partial charge >= 0.3 is 6.03 Å². The smallest absolute Gasteiger partial charge is 0.314 e. The summed E-state index contributed by atoms with van der Waals surface area (Å²) < 4.78 is 0. The van der Waals surface area contributed by atoms with Crippen molar-refractivity contribution in [2.45, 2.75) is 32.7 Å². The van der Waals surface area contributed by atoms with Crippen molar-refractivity contribution in [1.29, 1.82) is 0 Å². The van der Waals surface area contributed by atoms with Crippen molar-refractivity contribution in [1.82, 2.24) is 10.6 Å². The van der Waals surface area contributed by atoms with Crippen LogP contribution in [0.2, 0.25) is 0 Å². The maximum atomic E-state index is 10.9. The minimum absolute atomic E-state index is 0.128. The number of aliphatic hydroxyl groups is 1. The fraction of sp³-hybridized carbons (Fsp3) is 0.875. The molecule has 0 bridgehead atoms. The summed E-state index contributed by atoms with van der Waals surface area (Å²) in [5, 5.41) is 13.9. The van der Waals surface area contributed by atoms with Crippen LogP contribution in [0.15, 0.2) is 0 Å². The van der Waals surface area contributed by atoms with Gasteiger partial charge in [0.2, 0.25) is 0 Å². The Bertz CT molecular complexity index is 128. The van der Waals surface area contributed by atoms with Gasteiger partial charge in [0.1, 0.15) is 0 Å². The van der Waals surface area contributed by atoms with E-state index >= 15 is 0 Å². The summed E-state index contributed by atoms with van der Waals surface area (Å²) in [5.74, 6) is 0. The SMILES string of the molecule is CCNC(=O)NC(C)CCCO. The predicted molar refractivity (Wildman–Crippen MR) is 48.0 cm³/mol. The Hall–Kier alpha value is -0.770. The van der Waals surface area contributed by atoms with Gasteiger partial charge in [0.05, 0.1) is 0 Å². The van der Waals surface area contributed by atoms with Crippen molar-refractivity contribution < 1.29 is 9.90 Å². The first-order valence-corrected chi connectivity index (χ1v) is 4.36. The van der Waals surface area contributed by atoms with E-state index in [2.05, 4.69) is 10.6 Å². The zero-order valence-electron chi connectivity index (χ0n) is 7.76. The summed E-state index contributed by atoms with van der Waals surface area (Å²) >= 11 is 0. The Morgan fingerprint density at radius 3 is 2.75 bits per heavy atom. The first-order valence-electron chi connectivity index (χ1n) is 4.36. The standard InChI is InChI=1S/C8H18N2O2/c1-3-9-8(12)10-7(2)5-4-6-11/h7,11H,3-6H2,1-2H3,(H2,9,10,12). The maximum absolute atomic E-state index is 10.9. The lowest BCUT2D eigenvalue weighted by Gasteiger charge is -2.12. The number of urea groups is 1. The third-order valence-electron chi connectivity index (χ3n) is 1.51. The minimum atomic E-state index is -0.136. The summed E-state index contributed by atoms with van der Waals surface area (Å²) in [5.41, 5.74) is 0. The molecule has 0 aliphatic heterocycles. The van der Waals surface area contributed by atoms with E-state index in [0.29, 0.717) is 6.54 Å². The third kappa shape index (κ3) is 5.97. The lowest BCUT2D eigenvalue weighted by atomic mass is 10.2. The predicted octanol–water partition coefficient (Wildman–Crippen LogP) is 0.466. The number of amides is 2. The molecule has 1 unspecified atom stereocenters. The highest BCUT2D eigenvalue weighted by Crippen LogP contribution is 1.94. The molecule has 0 aromatic carbocycles. The minimum Gasteiger partial charge on any atom is -0.396 e. The average molecular weight is 174 g/mol. The molecule has 12 heavy (non-hydrogen) atoms. The van der Waals surface area contributed by atoms with E-state index in [1.165, 1.54) is 0 Å². The Morgan fingerprint density at radius 2 is 2.25 bits per heavy atom. The molecule has 0 heterocycles. The van der Waals surface area contributed by atoms with Crippen LogP contribution in [-0.2, 0) is 0 Å². The number of carbonyl (C=O) groups is 1. The molecule has 0 aliphatic rings. The Labute approximate surface area is 73.3 Å². The Balaban J connectivity index is 3.40. The van der Waals surface area contributed by atoms with Crippen LogP contribution in [0, 0.1) is 0 Å². The van der Waals surface area contributed by atoms with E-state index in [-0.39, 0.29) is 18.7 Å². The molecule has 4 heteroatoms. The quantitative estimate of drug-likeness (QED) is 0.567. The van der Waals surface area contributed by atoms with Crippen molar-refractivity contribution in [2.75, 3.05) is 13.2 Å². The van der Waals surface area contributed by atoms with Crippen LogP contribution in [0.25, 0.3) is 0 Å². The monoisotopic (exact) mass is 174 g/mol. The molecule has 0 saturated heterocycles. The molecule has 4 nitrogen and oxygen atoms in total. The highest BCUT2D eigenvalue weighted by molar-refractivity contribution is 5.73. The van der Waals surface area contributed by atoms with E-state index in [9.17, 15) is 4.79 Å². The van der Waals surface area contributed by atoms with Gasteiger partial charge in [-0.3, -0.25) is 0 Å². The topological polar surface area (TPSA) is 61.4 Å². The van der Waals surface area contributed by atoms with E-state index in [4.69, 9.17) is 5.11 Å². The van der Waals surface area contributed by atoms with Crippen LogP contribution in [0.5, 0.6) is 0 Å². The van der Waals surface area contributed by atoms with Crippen LogP contribution in [0.1, 0.15) is 26.7 Å². The van der Waals surface area contributed by atoms with Gasteiger partial charge in [-0.2, -0.15) is 0 Å². The second-order valence-corrected chi connectivity index (χ2v) is 2.77. The van der Waals surface area contributed by atoms with E-state index in [1.807, 2.05) is 13.8 Å². The van der Waals surface area contributed by atoms with E-state index in [1.54, 1.807) is 0 Å². The number of aliphatic hydroxyl groups excluding tert-OH is 1. The van der Waals surface area contributed by atoms with Gasteiger partial charge in [-0.25, -0.2) is 4.79 Å². The van der Waals surface area contributed by atoms with Crippen LogP contribution in [0.4, 0.5) is 4.79 Å². The zero-order chi connectivity index (χ0) is 9.40. The molecular weight excluding hydrogens is 156 g/mol. The molecule has 0 radical (unpaired) electrons. The van der Waals surface area contributed by atoms with E-state index < -0.39 is 0 Å². The highest BCUT2D eigenvalue weighted by atomic mass is 16.3. The molecule has 0 saturated carbocycles.